The fraction of sp³-hybridized carbons (Fsp3) is 1.00. The van der Waals surface area contributed by atoms with E-state index in [9.17, 15) is 0 Å². The molecule has 5 nitrogen and oxygen atoms in total. The molecule has 0 amide bonds. The Morgan fingerprint density at radius 3 is 2.35 bits per heavy atom. The predicted molar refractivity (Wildman–Crippen MR) is 67.3 cm³/mol. The van der Waals surface area contributed by atoms with Gasteiger partial charge in [0.1, 0.15) is 0 Å². The van der Waals surface area contributed by atoms with Gasteiger partial charge in [0, 0.05) is 26.4 Å². The van der Waals surface area contributed by atoms with Crippen LogP contribution in [0.4, 0.5) is 0 Å². The SMILES string of the molecule is COCCOCCCOCC(CO)NC(C)C. The van der Waals surface area contributed by atoms with Crippen LogP contribution in [0.2, 0.25) is 0 Å². The Kier molecular flexibility index (Phi) is 12.1. The van der Waals surface area contributed by atoms with Crippen molar-refractivity contribution in [1.82, 2.24) is 5.32 Å². The smallest absolute Gasteiger partial charge is 0.0700 e. The zero-order valence-electron chi connectivity index (χ0n) is 11.3. The highest BCUT2D eigenvalue weighted by molar-refractivity contribution is 4.66. The molecule has 0 saturated heterocycles. The van der Waals surface area contributed by atoms with Gasteiger partial charge in [-0.3, -0.25) is 0 Å². The lowest BCUT2D eigenvalue weighted by Gasteiger charge is -2.18. The third-order valence-corrected chi connectivity index (χ3v) is 2.12. The van der Waals surface area contributed by atoms with Gasteiger partial charge >= 0.3 is 0 Å². The molecule has 0 aliphatic heterocycles. The molecule has 0 spiro atoms. The van der Waals surface area contributed by atoms with Crippen LogP contribution in [0.25, 0.3) is 0 Å². The van der Waals surface area contributed by atoms with Gasteiger partial charge in [0.25, 0.3) is 0 Å². The molecule has 5 heteroatoms. The molecule has 104 valence electrons. The summed E-state index contributed by atoms with van der Waals surface area (Å²) in [6.07, 6.45) is 0.865. The minimum atomic E-state index is 0.0180. The second kappa shape index (κ2) is 12.3. The Labute approximate surface area is 104 Å². The fourth-order valence-corrected chi connectivity index (χ4v) is 1.36. The molecule has 17 heavy (non-hydrogen) atoms. The van der Waals surface area contributed by atoms with Crippen molar-refractivity contribution in [1.29, 1.82) is 0 Å². The molecule has 0 aliphatic carbocycles. The largest absolute Gasteiger partial charge is 0.395 e. The Bertz CT molecular complexity index is 155. The second-order valence-corrected chi connectivity index (χ2v) is 4.23. The summed E-state index contributed by atoms with van der Waals surface area (Å²) in [6.45, 7) is 7.33. The van der Waals surface area contributed by atoms with Crippen LogP contribution in [0.3, 0.4) is 0 Å². The molecule has 0 radical (unpaired) electrons. The molecule has 0 aliphatic rings. The molecule has 1 unspecified atom stereocenters. The summed E-state index contributed by atoms with van der Waals surface area (Å²) in [4.78, 5) is 0. The predicted octanol–water partition coefficient (Wildman–Crippen LogP) is 0.415. The first-order valence-electron chi connectivity index (χ1n) is 6.22. The van der Waals surface area contributed by atoms with Gasteiger partial charge in [-0.1, -0.05) is 13.8 Å². The molecule has 1 atom stereocenters. The van der Waals surface area contributed by atoms with Crippen LogP contribution in [0, 0.1) is 0 Å². The van der Waals surface area contributed by atoms with Crippen LogP contribution < -0.4 is 5.32 Å². The molecule has 0 rings (SSSR count). The molecule has 0 saturated carbocycles. The van der Waals surface area contributed by atoms with E-state index in [1.807, 2.05) is 13.8 Å². The number of nitrogens with one attached hydrogen (secondary N) is 1. The molecule has 0 aromatic rings. The molecular weight excluding hydrogens is 222 g/mol. The van der Waals surface area contributed by atoms with Gasteiger partial charge in [-0.15, -0.1) is 0 Å². The van der Waals surface area contributed by atoms with E-state index in [0.717, 1.165) is 6.42 Å². The third-order valence-electron chi connectivity index (χ3n) is 2.12. The first-order chi connectivity index (χ1) is 8.20. The molecule has 0 heterocycles. The van der Waals surface area contributed by atoms with E-state index in [4.69, 9.17) is 19.3 Å². The van der Waals surface area contributed by atoms with Crippen LogP contribution in [0.1, 0.15) is 20.3 Å². The highest BCUT2D eigenvalue weighted by Crippen LogP contribution is 1.91. The molecule has 2 N–H and O–H groups in total. The zero-order valence-corrected chi connectivity index (χ0v) is 11.3. The van der Waals surface area contributed by atoms with Gasteiger partial charge in [-0.2, -0.15) is 0 Å². The van der Waals surface area contributed by atoms with Crippen molar-refractivity contribution < 1.29 is 19.3 Å². The van der Waals surface area contributed by atoms with Crippen molar-refractivity contribution in [2.45, 2.75) is 32.4 Å². The van der Waals surface area contributed by atoms with Crippen LogP contribution in [0.5, 0.6) is 0 Å². The topological polar surface area (TPSA) is 60.0 Å². The zero-order chi connectivity index (χ0) is 12.9. The number of methoxy groups -OCH3 is 1. The first kappa shape index (κ1) is 16.8. The Morgan fingerprint density at radius 2 is 1.76 bits per heavy atom. The third kappa shape index (κ3) is 12.1. The van der Waals surface area contributed by atoms with Crippen molar-refractivity contribution in [2.75, 3.05) is 46.8 Å². The normalized spacial score (nSPS) is 13.2. The quantitative estimate of drug-likeness (QED) is 0.491. The van der Waals surface area contributed by atoms with Crippen molar-refractivity contribution >= 4 is 0 Å². The van der Waals surface area contributed by atoms with E-state index in [1.165, 1.54) is 0 Å². The van der Waals surface area contributed by atoms with E-state index < -0.39 is 0 Å². The van der Waals surface area contributed by atoms with E-state index in [1.54, 1.807) is 7.11 Å². The monoisotopic (exact) mass is 249 g/mol. The lowest BCUT2D eigenvalue weighted by molar-refractivity contribution is 0.0424. The van der Waals surface area contributed by atoms with Gasteiger partial charge < -0.3 is 24.6 Å². The summed E-state index contributed by atoms with van der Waals surface area (Å²) in [6, 6.07) is 0.373. The number of aliphatic hydroxyl groups is 1. The number of rotatable bonds is 12. The average molecular weight is 249 g/mol. The average Bonchev–Trinajstić information content (AvgIpc) is 2.30. The maximum atomic E-state index is 9.09. The summed E-state index contributed by atoms with van der Waals surface area (Å²) in [7, 11) is 1.66. The van der Waals surface area contributed by atoms with E-state index in [0.29, 0.717) is 39.1 Å². The minimum absolute atomic E-state index is 0.0180. The van der Waals surface area contributed by atoms with Gasteiger partial charge in [-0.05, 0) is 6.42 Å². The number of hydrogen-bond acceptors (Lipinski definition) is 5. The van der Waals surface area contributed by atoms with Gasteiger partial charge in [-0.25, -0.2) is 0 Å². The fourth-order valence-electron chi connectivity index (χ4n) is 1.36. The van der Waals surface area contributed by atoms with Crippen LogP contribution in [-0.4, -0.2) is 63.9 Å². The lowest BCUT2D eigenvalue weighted by Crippen LogP contribution is -2.40. The highest BCUT2D eigenvalue weighted by atomic mass is 16.5. The van der Waals surface area contributed by atoms with Gasteiger partial charge in [0.2, 0.25) is 0 Å². The van der Waals surface area contributed by atoms with E-state index in [-0.39, 0.29) is 12.6 Å². The summed E-state index contributed by atoms with van der Waals surface area (Å²) in [5.74, 6) is 0. The minimum Gasteiger partial charge on any atom is -0.395 e. The summed E-state index contributed by atoms with van der Waals surface area (Å²) < 4.78 is 15.6. The Hall–Kier alpha value is -0.200. The van der Waals surface area contributed by atoms with Crippen LogP contribution in [-0.2, 0) is 14.2 Å². The number of ether oxygens (including phenoxy) is 3. The van der Waals surface area contributed by atoms with E-state index in [2.05, 4.69) is 5.32 Å². The molecule has 0 aromatic heterocycles. The maximum Gasteiger partial charge on any atom is 0.0700 e. The van der Waals surface area contributed by atoms with E-state index >= 15 is 0 Å². The van der Waals surface area contributed by atoms with Crippen molar-refractivity contribution in [2.24, 2.45) is 0 Å². The summed E-state index contributed by atoms with van der Waals surface area (Å²) in [5.41, 5.74) is 0. The van der Waals surface area contributed by atoms with Gasteiger partial charge in [0.05, 0.1) is 32.5 Å². The van der Waals surface area contributed by atoms with Crippen molar-refractivity contribution in [3.8, 4) is 0 Å². The van der Waals surface area contributed by atoms with Gasteiger partial charge in [0.15, 0.2) is 0 Å². The van der Waals surface area contributed by atoms with Crippen LogP contribution >= 0.6 is 0 Å². The molecule has 0 fully saturated rings. The summed E-state index contributed by atoms with van der Waals surface area (Å²) >= 11 is 0. The van der Waals surface area contributed by atoms with Crippen molar-refractivity contribution in [3.05, 3.63) is 0 Å². The first-order valence-corrected chi connectivity index (χ1v) is 6.22. The Morgan fingerprint density at radius 1 is 1.06 bits per heavy atom. The molecule has 0 bridgehead atoms. The lowest BCUT2D eigenvalue weighted by atomic mass is 10.3. The molecule has 0 aromatic carbocycles. The number of aliphatic hydroxyl groups excluding tert-OH is 1. The summed E-state index contributed by atoms with van der Waals surface area (Å²) in [5, 5.41) is 12.3. The van der Waals surface area contributed by atoms with Crippen molar-refractivity contribution in [3.63, 3.8) is 0 Å². The second-order valence-electron chi connectivity index (χ2n) is 4.23. The van der Waals surface area contributed by atoms with Crippen LogP contribution in [0.15, 0.2) is 0 Å². The Balaban J connectivity index is 3.25. The highest BCUT2D eigenvalue weighted by Gasteiger charge is 2.07. The number of hydrogen-bond donors (Lipinski definition) is 2. The molecular formula is C12H27NO4. The standard InChI is InChI=1S/C12H27NO4/c1-11(2)13-12(9-14)10-17-6-4-5-16-8-7-15-3/h11-14H,4-10H2,1-3H3. The maximum absolute atomic E-state index is 9.09.